The van der Waals surface area contributed by atoms with E-state index >= 15 is 0 Å². The predicted molar refractivity (Wildman–Crippen MR) is 144 cm³/mol. The lowest BCUT2D eigenvalue weighted by atomic mass is 9.94. The van der Waals surface area contributed by atoms with Gasteiger partial charge in [-0.3, -0.25) is 14.5 Å². The minimum atomic E-state index is -1.22. The molecule has 0 aliphatic rings. The zero-order valence-corrected chi connectivity index (χ0v) is 22.1. The highest BCUT2D eigenvalue weighted by molar-refractivity contribution is 5.93. The van der Waals surface area contributed by atoms with E-state index in [0.717, 1.165) is 10.5 Å². The van der Waals surface area contributed by atoms with Gasteiger partial charge in [0, 0.05) is 23.7 Å². The number of nitrogens with one attached hydrogen (secondary N) is 2. The zero-order chi connectivity index (χ0) is 27.6. The molecule has 2 aromatic rings. The second kappa shape index (κ2) is 13.2. The molecule has 0 fully saturated rings. The zero-order valence-electron chi connectivity index (χ0n) is 22.1. The van der Waals surface area contributed by atoms with Crippen molar-refractivity contribution >= 4 is 17.9 Å². The molecule has 2 aromatic carbocycles. The van der Waals surface area contributed by atoms with Crippen molar-refractivity contribution in [2.75, 3.05) is 0 Å². The molecule has 37 heavy (non-hydrogen) atoms. The summed E-state index contributed by atoms with van der Waals surface area (Å²) in [6, 6.07) is 16.3. The summed E-state index contributed by atoms with van der Waals surface area (Å²) in [4.78, 5) is 41.0. The first-order valence-corrected chi connectivity index (χ1v) is 12.2. The third-order valence-corrected chi connectivity index (χ3v) is 5.75. The maximum atomic E-state index is 13.9. The fourth-order valence-corrected chi connectivity index (χ4v) is 3.68. The molecule has 7 heteroatoms. The van der Waals surface area contributed by atoms with Gasteiger partial charge in [0.05, 0.1) is 0 Å². The Hall–Kier alpha value is -4.23. The summed E-state index contributed by atoms with van der Waals surface area (Å²) in [5.74, 6) is 1.15. The first-order valence-electron chi connectivity index (χ1n) is 12.2. The van der Waals surface area contributed by atoms with Gasteiger partial charge in [-0.25, -0.2) is 4.79 Å². The Morgan fingerprint density at radius 3 is 2.22 bits per heavy atom. The van der Waals surface area contributed by atoms with Crippen molar-refractivity contribution in [2.24, 2.45) is 5.92 Å². The van der Waals surface area contributed by atoms with Crippen LogP contribution in [0.15, 0.2) is 54.6 Å². The van der Waals surface area contributed by atoms with Gasteiger partial charge in [0.1, 0.15) is 17.7 Å². The van der Waals surface area contributed by atoms with Gasteiger partial charge in [0.2, 0.25) is 5.91 Å². The summed E-state index contributed by atoms with van der Waals surface area (Å²) in [5, 5.41) is 5.51. The standard InChI is InChI=1S/C30H35N3O4/c1-8-21(4)25(32-29(36)37-30(5,6)7)28(35)33(10-3)26(24-19-15-14-18-23(24)9-2)27(34)31-20-22-16-12-11-13-17-22/h2-3,11-19,21,25-26H,8,20H2,1,4-7H3,(H,31,34)(H,32,36). The molecule has 3 amide bonds. The number of carbonyl (C=O) groups is 3. The number of nitrogens with zero attached hydrogens (tertiary/aromatic N) is 1. The monoisotopic (exact) mass is 501 g/mol. The predicted octanol–water partition coefficient (Wildman–Crippen LogP) is 4.38. The van der Waals surface area contributed by atoms with Gasteiger partial charge in [0.15, 0.2) is 0 Å². The van der Waals surface area contributed by atoms with E-state index in [2.05, 4.69) is 22.6 Å². The lowest BCUT2D eigenvalue weighted by molar-refractivity contribution is -0.139. The van der Waals surface area contributed by atoms with Crippen LogP contribution in [0.4, 0.5) is 4.79 Å². The highest BCUT2D eigenvalue weighted by Gasteiger charge is 2.38. The molecular formula is C30H35N3O4. The lowest BCUT2D eigenvalue weighted by Gasteiger charge is -2.32. The smallest absolute Gasteiger partial charge is 0.408 e. The van der Waals surface area contributed by atoms with Crippen LogP contribution < -0.4 is 10.6 Å². The van der Waals surface area contributed by atoms with Gasteiger partial charge >= 0.3 is 6.09 Å². The van der Waals surface area contributed by atoms with E-state index in [4.69, 9.17) is 17.6 Å². The molecule has 2 rings (SSSR count). The third kappa shape index (κ3) is 8.15. The number of alkyl carbamates (subject to hydrolysis) is 1. The van der Waals surface area contributed by atoms with E-state index < -0.39 is 35.6 Å². The van der Waals surface area contributed by atoms with Crippen LogP contribution in [-0.2, 0) is 20.9 Å². The summed E-state index contributed by atoms with van der Waals surface area (Å²) in [7, 11) is 0. The fourth-order valence-electron chi connectivity index (χ4n) is 3.68. The van der Waals surface area contributed by atoms with E-state index in [1.54, 1.807) is 45.0 Å². The number of terminal acetylenes is 2. The van der Waals surface area contributed by atoms with Gasteiger partial charge in [-0.15, -0.1) is 6.42 Å². The highest BCUT2D eigenvalue weighted by Crippen LogP contribution is 2.26. The van der Waals surface area contributed by atoms with E-state index in [-0.39, 0.29) is 12.5 Å². The molecule has 0 aromatic heterocycles. The van der Waals surface area contributed by atoms with E-state index in [9.17, 15) is 14.4 Å². The average molecular weight is 502 g/mol. The number of ether oxygens (including phenoxy) is 1. The van der Waals surface area contributed by atoms with Crippen LogP contribution in [0, 0.1) is 30.7 Å². The molecular weight excluding hydrogens is 466 g/mol. The molecule has 0 aliphatic carbocycles. The Balaban J connectivity index is 2.47. The van der Waals surface area contributed by atoms with Crippen LogP contribution in [0.5, 0.6) is 0 Å². The van der Waals surface area contributed by atoms with Crippen LogP contribution in [0.2, 0.25) is 0 Å². The Bertz CT molecular complexity index is 1170. The van der Waals surface area contributed by atoms with E-state index in [0.29, 0.717) is 17.5 Å². The van der Waals surface area contributed by atoms with Gasteiger partial charge in [-0.05, 0) is 38.3 Å². The molecule has 0 bridgehead atoms. The van der Waals surface area contributed by atoms with Crippen molar-refractivity contribution in [1.29, 1.82) is 0 Å². The average Bonchev–Trinajstić information content (AvgIpc) is 2.87. The molecule has 0 saturated heterocycles. The van der Waals surface area contributed by atoms with Crippen molar-refractivity contribution in [1.82, 2.24) is 15.5 Å². The van der Waals surface area contributed by atoms with Crippen LogP contribution in [0.3, 0.4) is 0 Å². The summed E-state index contributed by atoms with van der Waals surface area (Å²) < 4.78 is 5.36. The first kappa shape index (κ1) is 29.0. The number of hydrogen-bond acceptors (Lipinski definition) is 4. The van der Waals surface area contributed by atoms with E-state index in [1.807, 2.05) is 44.2 Å². The molecule has 0 heterocycles. The largest absolute Gasteiger partial charge is 0.444 e. The number of amides is 3. The topological polar surface area (TPSA) is 87.7 Å². The van der Waals surface area contributed by atoms with Crippen molar-refractivity contribution in [3.8, 4) is 24.8 Å². The van der Waals surface area contributed by atoms with Crippen LogP contribution >= 0.6 is 0 Å². The molecule has 194 valence electrons. The SMILES string of the molecule is C#Cc1ccccc1C(C(=O)NCc1ccccc1)N(C#C)C(=O)C(NC(=O)OC(C)(C)C)C(C)CC. The summed E-state index contributed by atoms with van der Waals surface area (Å²) in [6.07, 6.45) is 11.4. The van der Waals surface area contributed by atoms with Crippen LogP contribution in [-0.4, -0.2) is 34.5 Å². The van der Waals surface area contributed by atoms with Crippen molar-refractivity contribution in [2.45, 2.75) is 65.3 Å². The second-order valence-corrected chi connectivity index (χ2v) is 9.68. The number of carbonyl (C=O) groups excluding carboxylic acids is 3. The molecule has 3 atom stereocenters. The van der Waals surface area contributed by atoms with Crippen molar-refractivity contribution in [3.05, 3.63) is 71.3 Å². The summed E-state index contributed by atoms with van der Waals surface area (Å²) in [5.41, 5.74) is 0.949. The summed E-state index contributed by atoms with van der Waals surface area (Å²) >= 11 is 0. The maximum Gasteiger partial charge on any atom is 0.408 e. The summed E-state index contributed by atoms with van der Waals surface area (Å²) in [6.45, 7) is 9.11. The Labute approximate surface area is 220 Å². The molecule has 3 unspecified atom stereocenters. The minimum absolute atomic E-state index is 0.228. The lowest BCUT2D eigenvalue weighted by Crippen LogP contribution is -2.54. The molecule has 0 spiro atoms. The molecule has 7 nitrogen and oxygen atoms in total. The normalized spacial score (nSPS) is 13.2. The Morgan fingerprint density at radius 2 is 1.65 bits per heavy atom. The van der Waals surface area contributed by atoms with E-state index in [1.165, 1.54) is 0 Å². The molecule has 0 aliphatic heterocycles. The number of hydrogen-bond donors (Lipinski definition) is 2. The van der Waals surface area contributed by atoms with Crippen molar-refractivity contribution in [3.63, 3.8) is 0 Å². The van der Waals surface area contributed by atoms with Gasteiger partial charge in [-0.2, -0.15) is 0 Å². The van der Waals surface area contributed by atoms with Gasteiger partial charge < -0.3 is 15.4 Å². The number of benzene rings is 2. The molecule has 0 radical (unpaired) electrons. The van der Waals surface area contributed by atoms with Gasteiger partial charge in [0.25, 0.3) is 5.91 Å². The van der Waals surface area contributed by atoms with Crippen molar-refractivity contribution < 1.29 is 19.1 Å². The third-order valence-electron chi connectivity index (χ3n) is 5.75. The Morgan fingerprint density at radius 1 is 1.03 bits per heavy atom. The molecule has 0 saturated carbocycles. The highest BCUT2D eigenvalue weighted by atomic mass is 16.6. The minimum Gasteiger partial charge on any atom is -0.444 e. The van der Waals surface area contributed by atoms with Crippen LogP contribution in [0.1, 0.15) is 63.8 Å². The molecule has 2 N–H and O–H groups in total. The number of rotatable bonds is 9. The quantitative estimate of drug-likeness (QED) is 0.394. The van der Waals surface area contributed by atoms with Gasteiger partial charge in [-0.1, -0.05) is 81.1 Å². The maximum absolute atomic E-state index is 13.9. The van der Waals surface area contributed by atoms with Crippen LogP contribution in [0.25, 0.3) is 0 Å². The second-order valence-electron chi connectivity index (χ2n) is 9.68. The first-order chi connectivity index (χ1) is 17.5. The Kier molecular flexibility index (Phi) is 10.3. The fraction of sp³-hybridized carbons (Fsp3) is 0.367.